The maximum absolute atomic E-state index is 10.6. The number of hydrogen-bond acceptors (Lipinski definition) is 3. The molecule has 4 heteroatoms. The second-order valence-electron chi connectivity index (χ2n) is 2.49. The van der Waals surface area contributed by atoms with E-state index in [0.29, 0.717) is 12.1 Å². The maximum Gasteiger partial charge on any atom is 0.337 e. The van der Waals surface area contributed by atoms with Crippen molar-refractivity contribution in [2.45, 2.75) is 6.42 Å². The fraction of sp³-hybridized carbons (Fsp3) is 0.125. The van der Waals surface area contributed by atoms with Gasteiger partial charge < -0.3 is 16.6 Å². The molecule has 4 nitrogen and oxygen atoms in total. The fourth-order valence-electron chi connectivity index (χ4n) is 0.887. The Morgan fingerprint density at radius 2 is 2.08 bits per heavy atom. The van der Waals surface area contributed by atoms with E-state index in [1.165, 1.54) is 6.08 Å². The van der Waals surface area contributed by atoms with E-state index in [1.54, 1.807) is 12.2 Å². The van der Waals surface area contributed by atoms with E-state index in [4.69, 9.17) is 16.6 Å². The molecule has 64 valence electrons. The largest absolute Gasteiger partial charge is 0.478 e. The van der Waals surface area contributed by atoms with Gasteiger partial charge in [0.05, 0.1) is 5.57 Å². The predicted octanol–water partition coefficient (Wildman–Crippen LogP) is 0.0863. The molecule has 0 saturated carbocycles. The third kappa shape index (κ3) is 1.66. The van der Waals surface area contributed by atoms with Crippen molar-refractivity contribution in [1.29, 1.82) is 0 Å². The molecule has 0 saturated heterocycles. The Labute approximate surface area is 69.9 Å². The van der Waals surface area contributed by atoms with Gasteiger partial charge in [0.2, 0.25) is 0 Å². The highest BCUT2D eigenvalue weighted by Gasteiger charge is 2.10. The van der Waals surface area contributed by atoms with Gasteiger partial charge in [-0.05, 0) is 12.2 Å². The summed E-state index contributed by atoms with van der Waals surface area (Å²) in [7, 11) is 0. The predicted molar refractivity (Wildman–Crippen MR) is 44.9 cm³/mol. The second kappa shape index (κ2) is 3.13. The van der Waals surface area contributed by atoms with Crippen LogP contribution in [0.4, 0.5) is 0 Å². The highest BCUT2D eigenvalue weighted by molar-refractivity contribution is 5.92. The Kier molecular flexibility index (Phi) is 2.19. The van der Waals surface area contributed by atoms with E-state index >= 15 is 0 Å². The first kappa shape index (κ1) is 8.39. The molecule has 12 heavy (non-hydrogen) atoms. The minimum absolute atomic E-state index is 0.0930. The van der Waals surface area contributed by atoms with Crippen molar-refractivity contribution >= 4 is 5.97 Å². The van der Waals surface area contributed by atoms with Gasteiger partial charge in [-0.25, -0.2) is 4.79 Å². The van der Waals surface area contributed by atoms with Gasteiger partial charge in [-0.2, -0.15) is 0 Å². The Morgan fingerprint density at radius 1 is 1.42 bits per heavy atom. The average molecular weight is 166 g/mol. The monoisotopic (exact) mass is 166 g/mol. The zero-order valence-corrected chi connectivity index (χ0v) is 6.45. The zero-order chi connectivity index (χ0) is 9.14. The van der Waals surface area contributed by atoms with Gasteiger partial charge in [0, 0.05) is 17.8 Å². The molecule has 0 unspecified atom stereocenters. The zero-order valence-electron chi connectivity index (χ0n) is 6.45. The van der Waals surface area contributed by atoms with Crippen LogP contribution in [0.2, 0.25) is 0 Å². The van der Waals surface area contributed by atoms with Crippen LogP contribution in [0.25, 0.3) is 0 Å². The third-order valence-corrected chi connectivity index (χ3v) is 1.56. The quantitative estimate of drug-likeness (QED) is 0.514. The number of carboxylic acids is 1. The third-order valence-electron chi connectivity index (χ3n) is 1.56. The van der Waals surface area contributed by atoms with Gasteiger partial charge in [0.25, 0.3) is 0 Å². The minimum Gasteiger partial charge on any atom is -0.478 e. The van der Waals surface area contributed by atoms with Crippen LogP contribution >= 0.6 is 0 Å². The maximum atomic E-state index is 10.6. The Hall–Kier alpha value is -1.71. The summed E-state index contributed by atoms with van der Waals surface area (Å²) >= 11 is 0. The molecule has 1 aliphatic rings. The molecule has 0 atom stereocenters. The highest BCUT2D eigenvalue weighted by atomic mass is 16.4. The van der Waals surface area contributed by atoms with Crippen LogP contribution in [-0.4, -0.2) is 11.1 Å². The average Bonchev–Trinajstić information content (AvgIpc) is 2.14. The van der Waals surface area contributed by atoms with E-state index in [0.717, 1.165) is 0 Å². The van der Waals surface area contributed by atoms with Crippen molar-refractivity contribution in [3.8, 4) is 0 Å². The van der Waals surface area contributed by atoms with Crippen molar-refractivity contribution < 1.29 is 9.90 Å². The van der Waals surface area contributed by atoms with Crippen LogP contribution in [0.5, 0.6) is 0 Å². The Morgan fingerprint density at radius 3 is 2.67 bits per heavy atom. The van der Waals surface area contributed by atoms with E-state index in [9.17, 15) is 4.79 Å². The topological polar surface area (TPSA) is 89.3 Å². The lowest BCUT2D eigenvalue weighted by atomic mass is 10.2. The molecule has 0 amide bonds. The normalized spacial score (nSPS) is 17.2. The lowest BCUT2D eigenvalue weighted by Crippen LogP contribution is -2.09. The van der Waals surface area contributed by atoms with Crippen molar-refractivity contribution in [3.63, 3.8) is 0 Å². The van der Waals surface area contributed by atoms with Gasteiger partial charge in [-0.3, -0.25) is 0 Å². The molecule has 0 aromatic carbocycles. The number of carboxylic acid groups (broad SMARTS) is 1. The Balaban J connectivity index is 3.04. The molecule has 0 fully saturated rings. The lowest BCUT2D eigenvalue weighted by molar-refractivity contribution is -0.132. The summed E-state index contributed by atoms with van der Waals surface area (Å²) in [6.07, 6.45) is 5.06. The first-order valence-corrected chi connectivity index (χ1v) is 3.47. The number of rotatable bonds is 1. The molecule has 0 heterocycles. The van der Waals surface area contributed by atoms with Crippen molar-refractivity contribution in [2.75, 3.05) is 0 Å². The molecule has 0 aromatic heterocycles. The Bertz CT molecular complexity index is 300. The fourth-order valence-corrected chi connectivity index (χ4v) is 0.887. The molecule has 0 radical (unpaired) electrons. The van der Waals surface area contributed by atoms with E-state index in [-0.39, 0.29) is 11.3 Å². The summed E-state index contributed by atoms with van der Waals surface area (Å²) in [5.74, 6) is -1.03. The van der Waals surface area contributed by atoms with E-state index in [2.05, 4.69) is 0 Å². The number of carbonyl (C=O) groups is 1. The molecular formula is C8H10N2O2. The lowest BCUT2D eigenvalue weighted by Gasteiger charge is -1.98. The molecule has 1 rings (SSSR count). The van der Waals surface area contributed by atoms with Crippen LogP contribution < -0.4 is 11.5 Å². The summed E-state index contributed by atoms with van der Waals surface area (Å²) in [6, 6.07) is 0. The van der Waals surface area contributed by atoms with Gasteiger partial charge >= 0.3 is 5.97 Å². The van der Waals surface area contributed by atoms with Gasteiger partial charge in [-0.15, -0.1) is 0 Å². The SMILES string of the molecule is NC1=CC=C(C(=O)O)C(N)=CC1. The highest BCUT2D eigenvalue weighted by Crippen LogP contribution is 2.11. The van der Waals surface area contributed by atoms with Gasteiger partial charge in [0.1, 0.15) is 0 Å². The van der Waals surface area contributed by atoms with Gasteiger partial charge in [-0.1, -0.05) is 6.08 Å². The van der Waals surface area contributed by atoms with Crippen LogP contribution in [0.1, 0.15) is 6.42 Å². The summed E-state index contributed by atoms with van der Waals surface area (Å²) in [6.45, 7) is 0. The number of hydrogen-bond donors (Lipinski definition) is 3. The molecule has 0 bridgehead atoms. The summed E-state index contributed by atoms with van der Waals surface area (Å²) in [4.78, 5) is 10.6. The second-order valence-corrected chi connectivity index (χ2v) is 2.49. The summed E-state index contributed by atoms with van der Waals surface area (Å²) in [5, 5.41) is 8.66. The van der Waals surface area contributed by atoms with Crippen molar-refractivity contribution in [2.24, 2.45) is 11.5 Å². The molecule has 1 aliphatic carbocycles. The summed E-state index contributed by atoms with van der Waals surface area (Å²) < 4.78 is 0. The van der Waals surface area contributed by atoms with Crippen LogP contribution in [0.15, 0.2) is 35.2 Å². The van der Waals surface area contributed by atoms with E-state index in [1.807, 2.05) is 0 Å². The first-order chi connectivity index (χ1) is 5.61. The molecular weight excluding hydrogens is 156 g/mol. The molecule has 5 N–H and O–H groups in total. The molecule has 0 aromatic rings. The van der Waals surface area contributed by atoms with Crippen LogP contribution in [-0.2, 0) is 4.79 Å². The number of nitrogens with two attached hydrogens (primary N) is 2. The van der Waals surface area contributed by atoms with Gasteiger partial charge in [0.15, 0.2) is 0 Å². The molecule has 0 aliphatic heterocycles. The minimum atomic E-state index is -1.03. The van der Waals surface area contributed by atoms with Crippen LogP contribution in [0, 0.1) is 0 Å². The molecule has 0 spiro atoms. The summed E-state index contributed by atoms with van der Waals surface area (Å²) in [5.41, 5.74) is 11.9. The first-order valence-electron chi connectivity index (χ1n) is 3.47. The standard InChI is InChI=1S/C8H10N2O2/c9-5-1-3-6(8(11)12)7(10)4-2-5/h1,3-4H,2,9-10H2,(H,11,12). The van der Waals surface area contributed by atoms with Crippen LogP contribution in [0.3, 0.4) is 0 Å². The number of allylic oxidation sites excluding steroid dienone is 3. The van der Waals surface area contributed by atoms with Crippen molar-refractivity contribution in [1.82, 2.24) is 0 Å². The smallest absolute Gasteiger partial charge is 0.337 e. The number of aliphatic carboxylic acids is 1. The van der Waals surface area contributed by atoms with E-state index < -0.39 is 5.97 Å². The van der Waals surface area contributed by atoms with Crippen molar-refractivity contribution in [3.05, 3.63) is 35.2 Å².